The molecule has 1 aromatic heterocycles. The molecule has 1 aliphatic rings. The fraction of sp³-hybridized carbons (Fsp3) is 0.429. The smallest absolute Gasteiger partial charge is 0.337 e. The van der Waals surface area contributed by atoms with Crippen molar-refractivity contribution in [3.05, 3.63) is 34.1 Å². The largest absolute Gasteiger partial charge is 0.478 e. The molecule has 21 heavy (non-hydrogen) atoms. The zero-order valence-corrected chi connectivity index (χ0v) is 13.0. The molecule has 0 aliphatic heterocycles. The zero-order chi connectivity index (χ0) is 14.8. The van der Waals surface area contributed by atoms with E-state index in [1.807, 2.05) is 0 Å². The molecule has 3 rings (SSSR count). The van der Waals surface area contributed by atoms with Crippen LogP contribution in [-0.2, 0) is 0 Å². The van der Waals surface area contributed by atoms with Crippen LogP contribution in [0.2, 0.25) is 0 Å². The van der Waals surface area contributed by atoms with Gasteiger partial charge in [0.15, 0.2) is 5.82 Å². The third kappa shape index (κ3) is 2.83. The van der Waals surface area contributed by atoms with Crippen molar-refractivity contribution in [2.75, 3.05) is 0 Å². The molecule has 0 atom stereocenters. The summed E-state index contributed by atoms with van der Waals surface area (Å²) in [6.07, 6.45) is 5.69. The molecule has 0 saturated heterocycles. The molecular formula is C14H15BrN4O2. The number of hydrogen-bond acceptors (Lipinski definition) is 4. The standard InChI is InChI=1S/C14H15BrN4O2/c15-10-6-7-11(14(20)21)12(8-10)19-13(16-17-18-19)9-4-2-1-3-5-9/h6-9H,1-5H2,(H,20,21). The van der Waals surface area contributed by atoms with E-state index in [-0.39, 0.29) is 5.56 Å². The van der Waals surface area contributed by atoms with E-state index in [1.165, 1.54) is 19.3 Å². The topological polar surface area (TPSA) is 80.9 Å². The highest BCUT2D eigenvalue weighted by atomic mass is 79.9. The van der Waals surface area contributed by atoms with Crippen LogP contribution < -0.4 is 0 Å². The van der Waals surface area contributed by atoms with Crippen LogP contribution in [0.15, 0.2) is 22.7 Å². The molecule has 1 fully saturated rings. The third-order valence-corrected chi connectivity index (χ3v) is 4.38. The van der Waals surface area contributed by atoms with Crippen molar-refractivity contribution < 1.29 is 9.90 Å². The molecule has 0 bridgehead atoms. The van der Waals surface area contributed by atoms with Crippen molar-refractivity contribution in [1.29, 1.82) is 0 Å². The number of hydrogen-bond donors (Lipinski definition) is 1. The van der Waals surface area contributed by atoms with Gasteiger partial charge in [-0.05, 0) is 41.5 Å². The molecule has 2 aromatic rings. The van der Waals surface area contributed by atoms with Crippen LogP contribution in [0.1, 0.15) is 54.2 Å². The molecule has 1 N–H and O–H groups in total. The third-order valence-electron chi connectivity index (χ3n) is 3.88. The van der Waals surface area contributed by atoms with E-state index < -0.39 is 5.97 Å². The Kier molecular flexibility index (Phi) is 4.01. The molecule has 110 valence electrons. The van der Waals surface area contributed by atoms with E-state index in [4.69, 9.17) is 0 Å². The second kappa shape index (κ2) is 5.93. The summed E-state index contributed by atoms with van der Waals surface area (Å²) >= 11 is 3.38. The van der Waals surface area contributed by atoms with Gasteiger partial charge in [0.2, 0.25) is 0 Å². The van der Waals surface area contributed by atoms with Gasteiger partial charge in [0.1, 0.15) is 0 Å². The van der Waals surface area contributed by atoms with Gasteiger partial charge in [-0.25, -0.2) is 4.79 Å². The number of carboxylic acids is 1. The van der Waals surface area contributed by atoms with Gasteiger partial charge >= 0.3 is 5.97 Å². The van der Waals surface area contributed by atoms with Crippen molar-refractivity contribution in [2.24, 2.45) is 0 Å². The fourth-order valence-electron chi connectivity index (χ4n) is 2.84. The molecule has 0 unspecified atom stereocenters. The quantitative estimate of drug-likeness (QED) is 0.919. The van der Waals surface area contributed by atoms with E-state index >= 15 is 0 Å². The van der Waals surface area contributed by atoms with Gasteiger partial charge in [0.25, 0.3) is 0 Å². The number of aromatic nitrogens is 4. The summed E-state index contributed by atoms with van der Waals surface area (Å²) in [5.41, 5.74) is 0.699. The molecule has 0 radical (unpaired) electrons. The fourth-order valence-corrected chi connectivity index (χ4v) is 3.19. The van der Waals surface area contributed by atoms with E-state index in [9.17, 15) is 9.90 Å². The minimum atomic E-state index is -0.984. The van der Waals surface area contributed by atoms with Crippen LogP contribution >= 0.6 is 15.9 Å². The predicted molar refractivity (Wildman–Crippen MR) is 79.6 cm³/mol. The van der Waals surface area contributed by atoms with Gasteiger partial charge in [0.05, 0.1) is 11.3 Å². The summed E-state index contributed by atoms with van der Waals surface area (Å²) in [7, 11) is 0. The first kappa shape index (κ1) is 14.2. The first-order valence-electron chi connectivity index (χ1n) is 6.98. The van der Waals surface area contributed by atoms with Crippen LogP contribution in [0.5, 0.6) is 0 Å². The van der Waals surface area contributed by atoms with Crippen LogP contribution in [0, 0.1) is 0 Å². The average Bonchev–Trinajstić information content (AvgIpc) is 2.97. The minimum absolute atomic E-state index is 0.197. The maximum Gasteiger partial charge on any atom is 0.337 e. The highest BCUT2D eigenvalue weighted by Crippen LogP contribution is 2.32. The number of nitrogens with zero attached hydrogens (tertiary/aromatic N) is 4. The maximum atomic E-state index is 11.4. The van der Waals surface area contributed by atoms with Gasteiger partial charge in [0, 0.05) is 10.4 Å². The highest BCUT2D eigenvalue weighted by Gasteiger charge is 2.24. The Morgan fingerprint density at radius 3 is 2.76 bits per heavy atom. The summed E-state index contributed by atoms with van der Waals surface area (Å²) < 4.78 is 2.37. The average molecular weight is 351 g/mol. The summed E-state index contributed by atoms with van der Waals surface area (Å²) in [6.45, 7) is 0. The van der Waals surface area contributed by atoms with Gasteiger partial charge in [-0.2, -0.15) is 4.68 Å². The number of benzene rings is 1. The lowest BCUT2D eigenvalue weighted by Crippen LogP contribution is -2.14. The summed E-state index contributed by atoms with van der Waals surface area (Å²) in [4.78, 5) is 11.4. The van der Waals surface area contributed by atoms with Crippen molar-refractivity contribution in [2.45, 2.75) is 38.0 Å². The lowest BCUT2D eigenvalue weighted by Gasteiger charge is -2.20. The number of rotatable bonds is 3. The Morgan fingerprint density at radius 2 is 2.05 bits per heavy atom. The van der Waals surface area contributed by atoms with Gasteiger partial charge in [-0.1, -0.05) is 35.2 Å². The first-order valence-corrected chi connectivity index (χ1v) is 7.77. The number of carbonyl (C=O) groups is 1. The Bertz CT molecular complexity index is 665. The monoisotopic (exact) mass is 350 g/mol. The molecule has 0 spiro atoms. The van der Waals surface area contributed by atoms with Gasteiger partial charge < -0.3 is 5.11 Å². The molecular weight excluding hydrogens is 336 g/mol. The van der Waals surface area contributed by atoms with Gasteiger partial charge in [-0.3, -0.25) is 0 Å². The second-order valence-electron chi connectivity index (χ2n) is 5.25. The first-order chi connectivity index (χ1) is 10.2. The minimum Gasteiger partial charge on any atom is -0.478 e. The van der Waals surface area contributed by atoms with Crippen LogP contribution in [0.4, 0.5) is 0 Å². The normalized spacial score (nSPS) is 16.0. The van der Waals surface area contributed by atoms with Crippen molar-refractivity contribution in [3.63, 3.8) is 0 Å². The van der Waals surface area contributed by atoms with E-state index in [0.717, 1.165) is 23.1 Å². The highest BCUT2D eigenvalue weighted by molar-refractivity contribution is 9.10. The van der Waals surface area contributed by atoms with Crippen molar-refractivity contribution in [3.8, 4) is 5.69 Å². The number of carboxylic acid groups (broad SMARTS) is 1. The van der Waals surface area contributed by atoms with Gasteiger partial charge in [-0.15, -0.1) is 5.10 Å². The predicted octanol–water partition coefficient (Wildman–Crippen LogP) is 3.17. The summed E-state index contributed by atoms with van der Waals surface area (Å²) in [5.74, 6) is 0.0762. The molecule has 1 saturated carbocycles. The molecule has 0 amide bonds. The lowest BCUT2D eigenvalue weighted by molar-refractivity contribution is 0.0696. The van der Waals surface area contributed by atoms with Crippen LogP contribution in [-0.4, -0.2) is 31.3 Å². The Morgan fingerprint density at radius 1 is 1.29 bits per heavy atom. The van der Waals surface area contributed by atoms with Crippen LogP contribution in [0.3, 0.4) is 0 Å². The van der Waals surface area contributed by atoms with E-state index in [1.54, 1.807) is 22.9 Å². The molecule has 7 heteroatoms. The lowest BCUT2D eigenvalue weighted by atomic mass is 9.88. The van der Waals surface area contributed by atoms with Crippen molar-refractivity contribution in [1.82, 2.24) is 20.2 Å². The Labute approximate surface area is 130 Å². The molecule has 1 aromatic carbocycles. The second-order valence-corrected chi connectivity index (χ2v) is 6.17. The zero-order valence-electron chi connectivity index (χ0n) is 11.4. The molecule has 1 heterocycles. The van der Waals surface area contributed by atoms with Crippen LogP contribution in [0.25, 0.3) is 5.69 Å². The summed E-state index contributed by atoms with van der Waals surface area (Å²) in [6, 6.07) is 5.01. The molecule has 6 nitrogen and oxygen atoms in total. The number of aromatic carboxylic acids is 1. The van der Waals surface area contributed by atoms with Crippen molar-refractivity contribution >= 4 is 21.9 Å². The maximum absolute atomic E-state index is 11.4. The van der Waals surface area contributed by atoms with E-state index in [0.29, 0.717) is 11.6 Å². The Balaban J connectivity index is 2.07. The van der Waals surface area contributed by atoms with E-state index in [2.05, 4.69) is 31.5 Å². The summed E-state index contributed by atoms with van der Waals surface area (Å²) in [5, 5.41) is 21.3. The Hall–Kier alpha value is -1.76. The number of tetrazole rings is 1. The molecule has 1 aliphatic carbocycles. The number of halogens is 1. The SMILES string of the molecule is O=C(O)c1ccc(Br)cc1-n1nnnc1C1CCCCC1.